The Morgan fingerprint density at radius 2 is 1.97 bits per heavy atom. The number of anilines is 1. The summed E-state index contributed by atoms with van der Waals surface area (Å²) >= 11 is 0. The Morgan fingerprint density at radius 1 is 1.24 bits per heavy atom. The molecule has 13 heteroatoms. The van der Waals surface area contributed by atoms with Crippen LogP contribution in [0.25, 0.3) is 0 Å². The SMILES string of the molecule is O=C(Nc1ccn(CC(O)CO)n1)C(CC1CCOCC1)n1ncc(Oc2c(F)cccc2F)cc1=O. The number of rotatable bonds is 10. The van der Waals surface area contributed by atoms with Crippen molar-refractivity contribution in [1.82, 2.24) is 19.6 Å². The highest BCUT2D eigenvalue weighted by Gasteiger charge is 2.29. The van der Waals surface area contributed by atoms with E-state index in [1.807, 2.05) is 0 Å². The van der Waals surface area contributed by atoms with Gasteiger partial charge in [-0.3, -0.25) is 14.3 Å². The van der Waals surface area contributed by atoms with Crippen molar-refractivity contribution in [2.75, 3.05) is 25.1 Å². The van der Waals surface area contributed by atoms with Crippen LogP contribution in [0.5, 0.6) is 11.5 Å². The standard InChI is InChI=1S/C24H27F2N5O6/c25-18-2-1-3-19(26)23(18)37-17-11-22(34)31(27-12-17)20(10-15-5-8-36-9-6-15)24(35)28-21-4-7-30(29-21)13-16(33)14-32/h1-4,7,11-12,15-16,20,32-33H,5-6,8-10,13-14H2,(H,28,29,35). The summed E-state index contributed by atoms with van der Waals surface area (Å²) in [5, 5.41) is 29.5. The third-order valence-corrected chi connectivity index (χ3v) is 5.94. The van der Waals surface area contributed by atoms with Crippen molar-refractivity contribution in [1.29, 1.82) is 0 Å². The maximum atomic E-state index is 13.9. The van der Waals surface area contributed by atoms with Gasteiger partial charge in [0.25, 0.3) is 11.5 Å². The van der Waals surface area contributed by atoms with Gasteiger partial charge in [0.05, 0.1) is 25.5 Å². The molecule has 3 heterocycles. The number of benzene rings is 1. The molecule has 2 atom stereocenters. The predicted octanol–water partition coefficient (Wildman–Crippen LogP) is 1.86. The summed E-state index contributed by atoms with van der Waals surface area (Å²) in [5.41, 5.74) is -0.696. The molecule has 0 radical (unpaired) electrons. The molecule has 1 fully saturated rings. The van der Waals surface area contributed by atoms with Gasteiger partial charge in [0.15, 0.2) is 29.0 Å². The lowest BCUT2D eigenvalue weighted by Crippen LogP contribution is -2.36. The molecule has 3 N–H and O–H groups in total. The number of aromatic nitrogens is 4. The maximum Gasteiger partial charge on any atom is 0.271 e. The zero-order valence-corrected chi connectivity index (χ0v) is 19.8. The van der Waals surface area contributed by atoms with E-state index in [9.17, 15) is 23.5 Å². The van der Waals surface area contributed by atoms with E-state index in [-0.39, 0.29) is 24.0 Å². The van der Waals surface area contributed by atoms with Crippen molar-refractivity contribution >= 4 is 11.7 Å². The minimum absolute atomic E-state index is 0.0307. The second-order valence-electron chi connectivity index (χ2n) is 8.68. The summed E-state index contributed by atoms with van der Waals surface area (Å²) in [6.07, 6.45) is 3.35. The highest BCUT2D eigenvalue weighted by Crippen LogP contribution is 2.28. The van der Waals surface area contributed by atoms with Crippen molar-refractivity contribution in [3.63, 3.8) is 0 Å². The number of halogens is 2. The number of nitrogens with zero attached hydrogens (tertiary/aromatic N) is 4. The van der Waals surface area contributed by atoms with Crippen LogP contribution in [-0.4, -0.2) is 61.6 Å². The first-order valence-electron chi connectivity index (χ1n) is 11.8. The molecule has 3 aromatic rings. The molecule has 1 aliphatic rings. The summed E-state index contributed by atoms with van der Waals surface area (Å²) in [6, 6.07) is 4.74. The fourth-order valence-corrected chi connectivity index (χ4v) is 4.02. The van der Waals surface area contributed by atoms with E-state index in [1.165, 1.54) is 23.0 Å². The topological polar surface area (TPSA) is 141 Å². The van der Waals surface area contributed by atoms with Gasteiger partial charge in [0, 0.05) is 31.5 Å². The number of hydrogen-bond donors (Lipinski definition) is 3. The first kappa shape index (κ1) is 26.4. The fraction of sp³-hybridized carbons (Fsp3) is 0.417. The summed E-state index contributed by atoms with van der Waals surface area (Å²) < 4.78 is 40.9. The third kappa shape index (κ3) is 6.76. The Balaban J connectivity index is 1.56. The van der Waals surface area contributed by atoms with Gasteiger partial charge in [-0.25, -0.2) is 13.5 Å². The van der Waals surface area contributed by atoms with Crippen LogP contribution < -0.4 is 15.6 Å². The first-order valence-corrected chi connectivity index (χ1v) is 11.8. The van der Waals surface area contributed by atoms with Crippen molar-refractivity contribution in [3.8, 4) is 11.5 Å². The number of hydrogen-bond acceptors (Lipinski definition) is 8. The smallest absolute Gasteiger partial charge is 0.271 e. The van der Waals surface area contributed by atoms with Gasteiger partial charge in [-0.1, -0.05) is 6.07 Å². The van der Waals surface area contributed by atoms with Gasteiger partial charge in [-0.05, 0) is 37.3 Å². The monoisotopic (exact) mass is 519 g/mol. The lowest BCUT2D eigenvalue weighted by Gasteiger charge is -2.26. The normalized spacial score (nSPS) is 15.8. The Morgan fingerprint density at radius 3 is 2.65 bits per heavy atom. The van der Waals surface area contributed by atoms with Crippen molar-refractivity contribution in [3.05, 3.63) is 64.7 Å². The Bertz CT molecular complexity index is 1260. The summed E-state index contributed by atoms with van der Waals surface area (Å²) in [6.45, 7) is 0.676. The first-order chi connectivity index (χ1) is 17.8. The zero-order chi connectivity index (χ0) is 26.4. The van der Waals surface area contributed by atoms with Crippen molar-refractivity contribution in [2.24, 2.45) is 5.92 Å². The number of nitrogens with one attached hydrogen (secondary N) is 1. The van der Waals surface area contributed by atoms with Crippen LogP contribution in [0.2, 0.25) is 0 Å². The minimum atomic E-state index is -1.01. The maximum absolute atomic E-state index is 13.9. The molecule has 11 nitrogen and oxygen atoms in total. The van der Waals surface area contributed by atoms with E-state index in [1.54, 1.807) is 0 Å². The molecule has 198 valence electrons. The van der Waals surface area contributed by atoms with E-state index in [2.05, 4.69) is 15.5 Å². The number of para-hydroxylation sites is 1. The average molecular weight is 520 g/mol. The van der Waals surface area contributed by atoms with Crippen molar-refractivity contribution in [2.45, 2.75) is 38.0 Å². The molecule has 0 aliphatic carbocycles. The molecule has 1 aliphatic heterocycles. The lowest BCUT2D eigenvalue weighted by atomic mass is 9.92. The number of ether oxygens (including phenoxy) is 2. The fourth-order valence-electron chi connectivity index (χ4n) is 4.02. The number of carbonyl (C=O) groups is 1. The van der Waals surface area contributed by atoms with Gasteiger partial charge in [0.2, 0.25) is 0 Å². The van der Waals surface area contributed by atoms with Crippen LogP contribution in [-0.2, 0) is 16.1 Å². The van der Waals surface area contributed by atoms with Crippen LogP contribution in [0.4, 0.5) is 14.6 Å². The molecular formula is C24H27F2N5O6. The van der Waals surface area contributed by atoms with Crippen molar-refractivity contribution < 1.29 is 33.3 Å². The molecule has 2 unspecified atom stereocenters. The molecule has 1 aromatic carbocycles. The molecule has 1 amide bonds. The number of amides is 1. The molecular weight excluding hydrogens is 492 g/mol. The van der Waals surface area contributed by atoms with Gasteiger partial charge < -0.3 is 25.0 Å². The van der Waals surface area contributed by atoms with E-state index in [4.69, 9.17) is 14.6 Å². The lowest BCUT2D eigenvalue weighted by molar-refractivity contribution is -0.120. The third-order valence-electron chi connectivity index (χ3n) is 5.94. The molecule has 0 saturated carbocycles. The molecule has 1 saturated heterocycles. The number of aliphatic hydroxyl groups excluding tert-OH is 2. The van der Waals surface area contributed by atoms with Gasteiger partial charge in [0.1, 0.15) is 6.04 Å². The van der Waals surface area contributed by atoms with Crippen LogP contribution in [0.1, 0.15) is 25.3 Å². The average Bonchev–Trinajstić information content (AvgIpc) is 3.32. The Labute approximate surface area is 210 Å². The number of aliphatic hydroxyl groups is 2. The van der Waals surface area contributed by atoms with Crippen LogP contribution in [0, 0.1) is 17.6 Å². The molecule has 37 heavy (non-hydrogen) atoms. The predicted molar refractivity (Wildman–Crippen MR) is 126 cm³/mol. The quantitative estimate of drug-likeness (QED) is 0.369. The minimum Gasteiger partial charge on any atom is -0.449 e. The molecule has 0 spiro atoms. The van der Waals surface area contributed by atoms with Gasteiger partial charge in [-0.2, -0.15) is 10.2 Å². The summed E-state index contributed by atoms with van der Waals surface area (Å²) in [4.78, 5) is 26.2. The Hall–Kier alpha value is -3.68. The van der Waals surface area contributed by atoms with Crippen LogP contribution in [0.3, 0.4) is 0 Å². The van der Waals surface area contributed by atoms with E-state index in [0.717, 1.165) is 29.1 Å². The van der Waals surface area contributed by atoms with Gasteiger partial charge in [-0.15, -0.1) is 0 Å². The Kier molecular flexibility index (Phi) is 8.58. The zero-order valence-electron chi connectivity index (χ0n) is 19.8. The highest BCUT2D eigenvalue weighted by atomic mass is 19.1. The van der Waals surface area contributed by atoms with Crippen LogP contribution >= 0.6 is 0 Å². The highest BCUT2D eigenvalue weighted by molar-refractivity contribution is 5.92. The van der Waals surface area contributed by atoms with E-state index >= 15 is 0 Å². The number of carbonyl (C=O) groups excluding carboxylic acids is 1. The molecule has 2 aromatic heterocycles. The molecule has 0 bridgehead atoms. The second-order valence-corrected chi connectivity index (χ2v) is 8.68. The van der Waals surface area contributed by atoms with Gasteiger partial charge >= 0.3 is 0 Å². The van der Waals surface area contributed by atoms with E-state index < -0.39 is 47.6 Å². The largest absolute Gasteiger partial charge is 0.449 e. The van der Waals surface area contributed by atoms with Crippen LogP contribution in [0.15, 0.2) is 47.5 Å². The molecule has 4 rings (SSSR count). The summed E-state index contributed by atoms with van der Waals surface area (Å²) in [5.74, 6) is -2.98. The summed E-state index contributed by atoms with van der Waals surface area (Å²) in [7, 11) is 0. The van der Waals surface area contributed by atoms with E-state index in [0.29, 0.717) is 32.5 Å². The second kappa shape index (κ2) is 12.0.